The van der Waals surface area contributed by atoms with Crippen LogP contribution in [0.25, 0.3) is 0 Å². The molecule has 0 saturated carbocycles. The highest BCUT2D eigenvalue weighted by Crippen LogP contribution is 2.20. The number of aromatic nitrogens is 2. The molecular formula is C11H18N4O6. The van der Waals surface area contributed by atoms with E-state index in [1.807, 2.05) is 0 Å². The molecule has 1 aromatic heterocycles. The van der Waals surface area contributed by atoms with Gasteiger partial charge in [-0.2, -0.15) is 4.98 Å². The van der Waals surface area contributed by atoms with Crippen LogP contribution in [-0.4, -0.2) is 63.1 Å². The third kappa shape index (κ3) is 2.78. The summed E-state index contributed by atoms with van der Waals surface area (Å²) in [5, 5.41) is 31.4. The lowest BCUT2D eigenvalue weighted by Gasteiger charge is -2.35. The molecule has 1 fully saturated rings. The van der Waals surface area contributed by atoms with Gasteiger partial charge in [-0.15, -0.1) is 0 Å². The lowest BCUT2D eigenvalue weighted by atomic mass is 10.0. The Bertz CT molecular complexity index is 577. The lowest BCUT2D eigenvalue weighted by Crippen LogP contribution is -2.56. The molecule has 1 saturated heterocycles. The van der Waals surface area contributed by atoms with Gasteiger partial charge in [0.25, 0.3) is 5.56 Å². The van der Waals surface area contributed by atoms with E-state index >= 15 is 0 Å². The largest absolute Gasteiger partial charge is 0.468 e. The number of nitrogens with two attached hydrogens (primary N) is 1. The monoisotopic (exact) mass is 302 g/mol. The molecule has 0 aromatic carbocycles. The number of nitrogen functional groups attached to an aromatic ring is 1. The molecule has 0 radical (unpaired) electrons. The molecule has 0 unspecified atom stereocenters. The lowest BCUT2D eigenvalue weighted by molar-refractivity contribution is -0.178. The minimum Gasteiger partial charge on any atom is -0.468 e. The summed E-state index contributed by atoms with van der Waals surface area (Å²) < 4.78 is 11.2. The molecule has 0 bridgehead atoms. The molecule has 1 aliphatic rings. The highest BCUT2D eigenvalue weighted by atomic mass is 16.5. The Hall–Kier alpha value is -1.88. The fraction of sp³-hybridized carbons (Fsp3) is 0.636. The maximum Gasteiger partial charge on any atom is 0.300 e. The quantitative estimate of drug-likeness (QED) is 0.399. The van der Waals surface area contributed by atoms with E-state index in [2.05, 4.69) is 10.3 Å². The van der Waals surface area contributed by atoms with Gasteiger partial charge in [-0.05, 0) is 0 Å². The molecular weight excluding hydrogens is 284 g/mol. The van der Waals surface area contributed by atoms with Crippen LogP contribution in [0, 0.1) is 0 Å². The SMILES string of the molecule is COc1nc(N)c(N[C@@H]2OC[C@H](O)[C@@H](O)[C@@H]2O)c(=O)n1C. The molecule has 2 rings (SSSR count). The van der Waals surface area contributed by atoms with Crippen molar-refractivity contribution in [2.75, 3.05) is 24.8 Å². The molecule has 0 amide bonds. The van der Waals surface area contributed by atoms with Crippen LogP contribution in [0.1, 0.15) is 0 Å². The normalized spacial score (nSPS) is 29.2. The van der Waals surface area contributed by atoms with E-state index in [1.165, 1.54) is 14.2 Å². The first-order chi connectivity index (χ1) is 9.86. The maximum atomic E-state index is 12.1. The van der Waals surface area contributed by atoms with E-state index in [-0.39, 0.29) is 24.1 Å². The standard InChI is InChI=1S/C11H18N4O6/c1-15-10(19)5(8(12)14-11(15)20-2)13-9-7(18)6(17)4(16)3-21-9/h4,6-7,9,13,16-18H,3,12H2,1-2H3/t4-,6+,7-,9+/m0/s1. The molecule has 10 nitrogen and oxygen atoms in total. The van der Waals surface area contributed by atoms with Gasteiger partial charge in [0.1, 0.15) is 24.0 Å². The molecule has 118 valence electrons. The van der Waals surface area contributed by atoms with E-state index < -0.39 is 30.1 Å². The van der Waals surface area contributed by atoms with Crippen molar-refractivity contribution >= 4 is 11.5 Å². The van der Waals surface area contributed by atoms with E-state index in [1.54, 1.807) is 0 Å². The van der Waals surface area contributed by atoms with Crippen LogP contribution in [-0.2, 0) is 11.8 Å². The average molecular weight is 302 g/mol. The van der Waals surface area contributed by atoms with Crippen LogP contribution >= 0.6 is 0 Å². The highest BCUT2D eigenvalue weighted by molar-refractivity contribution is 5.61. The zero-order valence-electron chi connectivity index (χ0n) is 11.6. The van der Waals surface area contributed by atoms with Gasteiger partial charge in [0.15, 0.2) is 12.0 Å². The number of nitrogens with one attached hydrogen (secondary N) is 1. The number of rotatable bonds is 3. The summed E-state index contributed by atoms with van der Waals surface area (Å²) >= 11 is 0. The average Bonchev–Trinajstić information content (AvgIpc) is 2.47. The predicted molar refractivity (Wildman–Crippen MR) is 71.8 cm³/mol. The summed E-state index contributed by atoms with van der Waals surface area (Å²) in [5.74, 6) is -0.133. The minimum absolute atomic E-state index is 0.0311. The van der Waals surface area contributed by atoms with Crippen LogP contribution in [0.3, 0.4) is 0 Å². The topological polar surface area (TPSA) is 152 Å². The van der Waals surface area contributed by atoms with Gasteiger partial charge in [0.05, 0.1) is 13.7 Å². The van der Waals surface area contributed by atoms with Crippen molar-refractivity contribution in [2.45, 2.75) is 24.5 Å². The summed E-state index contributed by atoms with van der Waals surface area (Å²) in [6, 6.07) is 0.0311. The Morgan fingerprint density at radius 1 is 1.43 bits per heavy atom. The molecule has 1 aromatic rings. The Morgan fingerprint density at radius 2 is 2.10 bits per heavy atom. The first-order valence-electron chi connectivity index (χ1n) is 6.19. The first-order valence-corrected chi connectivity index (χ1v) is 6.19. The predicted octanol–water partition coefficient (Wildman–Crippen LogP) is -2.78. The van der Waals surface area contributed by atoms with Crippen LogP contribution < -0.4 is 21.3 Å². The fourth-order valence-corrected chi connectivity index (χ4v) is 1.99. The molecule has 1 aliphatic heterocycles. The van der Waals surface area contributed by atoms with Crippen LogP contribution in [0.4, 0.5) is 11.5 Å². The van der Waals surface area contributed by atoms with Gasteiger partial charge >= 0.3 is 6.01 Å². The first kappa shape index (κ1) is 15.5. The summed E-state index contributed by atoms with van der Waals surface area (Å²) in [6.07, 6.45) is -5.13. The molecule has 10 heteroatoms. The van der Waals surface area contributed by atoms with E-state index in [0.717, 1.165) is 4.57 Å². The molecule has 21 heavy (non-hydrogen) atoms. The minimum atomic E-state index is -1.43. The highest BCUT2D eigenvalue weighted by Gasteiger charge is 2.38. The van der Waals surface area contributed by atoms with Gasteiger partial charge in [-0.25, -0.2) is 0 Å². The number of anilines is 2. The van der Waals surface area contributed by atoms with Crippen molar-refractivity contribution in [3.63, 3.8) is 0 Å². The molecule has 2 heterocycles. The van der Waals surface area contributed by atoms with Gasteiger partial charge in [-0.1, -0.05) is 0 Å². The second-order valence-corrected chi connectivity index (χ2v) is 4.67. The molecule has 0 aliphatic carbocycles. The molecule has 4 atom stereocenters. The zero-order chi connectivity index (χ0) is 15.7. The van der Waals surface area contributed by atoms with Crippen LogP contribution in [0.5, 0.6) is 6.01 Å². The van der Waals surface area contributed by atoms with Gasteiger partial charge < -0.3 is 35.8 Å². The number of methoxy groups -OCH3 is 1. The summed E-state index contributed by atoms with van der Waals surface area (Å²) in [4.78, 5) is 16.0. The third-order valence-electron chi connectivity index (χ3n) is 3.25. The third-order valence-corrected chi connectivity index (χ3v) is 3.25. The Labute approximate surface area is 119 Å². The number of hydrogen-bond acceptors (Lipinski definition) is 9. The number of ether oxygens (including phenoxy) is 2. The number of nitrogens with zero attached hydrogens (tertiary/aromatic N) is 2. The van der Waals surface area contributed by atoms with Crippen LogP contribution in [0.2, 0.25) is 0 Å². The van der Waals surface area contributed by atoms with E-state index in [0.29, 0.717) is 0 Å². The number of hydrogen-bond donors (Lipinski definition) is 5. The zero-order valence-corrected chi connectivity index (χ0v) is 11.6. The van der Waals surface area contributed by atoms with Gasteiger partial charge in [0, 0.05) is 7.05 Å². The van der Waals surface area contributed by atoms with Gasteiger partial charge in [-0.3, -0.25) is 9.36 Å². The number of aliphatic hydroxyl groups excluding tert-OH is 3. The maximum absolute atomic E-state index is 12.1. The molecule has 0 spiro atoms. The Morgan fingerprint density at radius 3 is 2.71 bits per heavy atom. The second-order valence-electron chi connectivity index (χ2n) is 4.67. The summed E-state index contributed by atoms with van der Waals surface area (Å²) in [5.41, 5.74) is 5.05. The summed E-state index contributed by atoms with van der Waals surface area (Å²) in [6.45, 7) is -0.195. The van der Waals surface area contributed by atoms with Crippen molar-refractivity contribution in [3.8, 4) is 6.01 Å². The fourth-order valence-electron chi connectivity index (χ4n) is 1.99. The van der Waals surface area contributed by atoms with Gasteiger partial charge in [0.2, 0.25) is 0 Å². The summed E-state index contributed by atoms with van der Waals surface area (Å²) in [7, 11) is 2.79. The van der Waals surface area contributed by atoms with E-state index in [9.17, 15) is 20.1 Å². The van der Waals surface area contributed by atoms with Crippen molar-refractivity contribution in [3.05, 3.63) is 10.4 Å². The second kappa shape index (κ2) is 5.85. The number of aliphatic hydroxyl groups is 3. The van der Waals surface area contributed by atoms with Crippen molar-refractivity contribution in [1.82, 2.24) is 9.55 Å². The van der Waals surface area contributed by atoms with E-state index in [4.69, 9.17) is 15.2 Å². The Kier molecular flexibility index (Phi) is 4.32. The Balaban J connectivity index is 2.28. The van der Waals surface area contributed by atoms with Crippen molar-refractivity contribution in [1.29, 1.82) is 0 Å². The smallest absolute Gasteiger partial charge is 0.300 e. The van der Waals surface area contributed by atoms with Crippen molar-refractivity contribution in [2.24, 2.45) is 7.05 Å². The molecule has 6 N–H and O–H groups in total. The van der Waals surface area contributed by atoms with Crippen molar-refractivity contribution < 1.29 is 24.8 Å². The van der Waals surface area contributed by atoms with Crippen LogP contribution in [0.15, 0.2) is 4.79 Å².